The van der Waals surface area contributed by atoms with E-state index in [9.17, 15) is 22.8 Å². The molecule has 1 saturated heterocycles. The van der Waals surface area contributed by atoms with Crippen molar-refractivity contribution in [3.8, 4) is 0 Å². The van der Waals surface area contributed by atoms with E-state index in [1.165, 1.54) is 23.1 Å². The number of nitrogens with one attached hydrogen (secondary N) is 1. The third kappa shape index (κ3) is 3.87. The second kappa shape index (κ2) is 7.69. The number of hydrogen-bond acceptors (Lipinski definition) is 5. The average molecular weight is 405 g/mol. The van der Waals surface area contributed by atoms with Crippen molar-refractivity contribution in [3.63, 3.8) is 0 Å². The van der Waals surface area contributed by atoms with Crippen LogP contribution in [0.3, 0.4) is 0 Å². The number of aromatic nitrogens is 2. The number of urea groups is 1. The summed E-state index contributed by atoms with van der Waals surface area (Å²) in [6, 6.07) is 5.07. The Bertz CT molecular complexity index is 938. The van der Waals surface area contributed by atoms with Crippen LogP contribution in [-0.4, -0.2) is 47.3 Å². The molecule has 0 aromatic carbocycles. The van der Waals surface area contributed by atoms with E-state index in [0.717, 1.165) is 19.2 Å². The number of ketones is 1. The fourth-order valence-corrected chi connectivity index (χ4v) is 3.61. The highest BCUT2D eigenvalue weighted by atomic mass is 19.3. The first-order chi connectivity index (χ1) is 13.9. The zero-order chi connectivity index (χ0) is 20.5. The van der Waals surface area contributed by atoms with E-state index in [1.807, 2.05) is 0 Å². The van der Waals surface area contributed by atoms with Crippen molar-refractivity contribution < 1.29 is 22.8 Å². The van der Waals surface area contributed by atoms with Gasteiger partial charge in [0.2, 0.25) is 6.43 Å². The van der Waals surface area contributed by atoms with Crippen molar-refractivity contribution in [2.75, 3.05) is 28.2 Å². The quantitative estimate of drug-likeness (QED) is 0.771. The molecule has 1 fully saturated rings. The number of halogens is 3. The van der Waals surface area contributed by atoms with Gasteiger partial charge in [-0.15, -0.1) is 0 Å². The highest BCUT2D eigenvalue weighted by molar-refractivity contribution is 6.05. The third-order valence-electron chi connectivity index (χ3n) is 5.01. The molecule has 0 radical (unpaired) electrons. The van der Waals surface area contributed by atoms with Crippen LogP contribution in [0, 0.1) is 5.82 Å². The smallest absolute Gasteiger partial charge is 0.329 e. The maximum absolute atomic E-state index is 13.1. The van der Waals surface area contributed by atoms with Crippen molar-refractivity contribution in [1.29, 1.82) is 0 Å². The largest absolute Gasteiger partial charge is 0.366 e. The molecule has 2 amide bonds. The first kappa shape index (κ1) is 19.2. The van der Waals surface area contributed by atoms with Gasteiger partial charge in [-0.25, -0.2) is 27.9 Å². The van der Waals surface area contributed by atoms with Gasteiger partial charge < -0.3 is 4.90 Å². The normalized spacial score (nSPS) is 17.4. The lowest BCUT2D eigenvalue weighted by molar-refractivity contribution is 0.0904. The van der Waals surface area contributed by atoms with Gasteiger partial charge in [-0.2, -0.15) is 0 Å². The Kier molecular flexibility index (Phi) is 5.08. The van der Waals surface area contributed by atoms with Crippen LogP contribution in [0.4, 0.5) is 35.3 Å². The number of carbonyl (C=O) groups excluding carboxylic acids is 2. The summed E-state index contributed by atoms with van der Waals surface area (Å²) >= 11 is 0. The van der Waals surface area contributed by atoms with Gasteiger partial charge in [0.25, 0.3) is 0 Å². The Morgan fingerprint density at radius 2 is 2.07 bits per heavy atom. The molecule has 1 atom stereocenters. The van der Waals surface area contributed by atoms with Gasteiger partial charge in [0.15, 0.2) is 11.6 Å². The molecule has 0 unspecified atom stereocenters. The van der Waals surface area contributed by atoms with E-state index < -0.39 is 30.5 Å². The SMILES string of the molecule is O=C(CCC(F)F)c1ccc2c(n1)N(C(=O)Nc1ccc(F)cn1)[C@H]1CCN2C1. The number of carbonyl (C=O) groups is 2. The van der Waals surface area contributed by atoms with E-state index in [4.69, 9.17) is 0 Å². The Balaban J connectivity index is 1.62. The second-order valence-corrected chi connectivity index (χ2v) is 6.94. The molecule has 0 spiro atoms. The van der Waals surface area contributed by atoms with E-state index in [-0.39, 0.29) is 24.0 Å². The minimum atomic E-state index is -2.57. The van der Waals surface area contributed by atoms with Crippen LogP contribution in [0.1, 0.15) is 29.8 Å². The average Bonchev–Trinajstić information content (AvgIpc) is 3.12. The van der Waals surface area contributed by atoms with Crippen LogP contribution in [0.15, 0.2) is 30.5 Å². The number of pyridine rings is 2. The molecule has 7 nitrogen and oxygen atoms in total. The fraction of sp³-hybridized carbons (Fsp3) is 0.368. The van der Waals surface area contributed by atoms with E-state index in [1.54, 1.807) is 6.07 Å². The second-order valence-electron chi connectivity index (χ2n) is 6.94. The van der Waals surface area contributed by atoms with Gasteiger partial charge >= 0.3 is 6.03 Å². The Hall–Kier alpha value is -3.17. The summed E-state index contributed by atoms with van der Waals surface area (Å²) in [5.41, 5.74) is 0.746. The number of nitrogens with zero attached hydrogens (tertiary/aromatic N) is 4. The molecule has 29 heavy (non-hydrogen) atoms. The van der Waals surface area contributed by atoms with Crippen LogP contribution in [0.2, 0.25) is 0 Å². The summed E-state index contributed by atoms with van der Waals surface area (Å²) in [4.78, 5) is 36.9. The molecule has 152 valence electrons. The van der Waals surface area contributed by atoms with Gasteiger partial charge in [0, 0.05) is 25.9 Å². The van der Waals surface area contributed by atoms with E-state index in [0.29, 0.717) is 18.1 Å². The lowest BCUT2D eigenvalue weighted by Gasteiger charge is -2.35. The van der Waals surface area contributed by atoms with E-state index in [2.05, 4.69) is 20.2 Å². The summed E-state index contributed by atoms with van der Waals surface area (Å²) in [6.07, 6.45) is -1.71. The van der Waals surface area contributed by atoms with Crippen LogP contribution < -0.4 is 15.1 Å². The molecule has 4 heterocycles. The Morgan fingerprint density at radius 3 is 2.79 bits per heavy atom. The summed E-state index contributed by atoms with van der Waals surface area (Å²) in [5, 5.41) is 2.62. The number of fused-ring (bicyclic) bond motifs is 4. The molecule has 2 bridgehead atoms. The maximum Gasteiger partial charge on any atom is 0.329 e. The molecule has 1 N–H and O–H groups in total. The van der Waals surface area contributed by atoms with Crippen molar-refractivity contribution in [3.05, 3.63) is 42.0 Å². The Labute approximate surface area is 164 Å². The zero-order valence-corrected chi connectivity index (χ0v) is 15.3. The molecule has 2 aliphatic heterocycles. The first-order valence-electron chi connectivity index (χ1n) is 9.21. The highest BCUT2D eigenvalue weighted by Crippen LogP contribution is 2.39. The molecule has 2 aromatic rings. The minimum Gasteiger partial charge on any atom is -0.366 e. The number of alkyl halides is 2. The first-order valence-corrected chi connectivity index (χ1v) is 9.21. The number of amides is 2. The van der Waals surface area contributed by atoms with E-state index >= 15 is 0 Å². The van der Waals surface area contributed by atoms with Gasteiger partial charge in [-0.1, -0.05) is 0 Å². The minimum absolute atomic E-state index is 0.0459. The molecular formula is C19H18F3N5O2. The lowest BCUT2D eigenvalue weighted by atomic mass is 10.1. The third-order valence-corrected chi connectivity index (χ3v) is 5.01. The molecule has 10 heteroatoms. The van der Waals surface area contributed by atoms with Crippen LogP contribution in [0.5, 0.6) is 0 Å². The topological polar surface area (TPSA) is 78.4 Å². The number of rotatable bonds is 5. The van der Waals surface area contributed by atoms with Crippen molar-refractivity contribution in [2.24, 2.45) is 0 Å². The maximum atomic E-state index is 13.1. The van der Waals surface area contributed by atoms with Gasteiger partial charge in [-0.05, 0) is 30.7 Å². The lowest BCUT2D eigenvalue weighted by Crippen LogP contribution is -2.48. The van der Waals surface area contributed by atoms with Gasteiger partial charge in [0.05, 0.1) is 17.9 Å². The Morgan fingerprint density at radius 1 is 1.24 bits per heavy atom. The standard InChI is InChI=1S/C19H18F3N5O2/c20-11-1-6-17(23-9-11)25-19(29)27-12-7-8-26(10-12)14-3-2-13(24-18(14)27)15(28)4-5-16(21)22/h1-3,6,9,12,16H,4-5,7-8,10H2,(H,23,25,29)/t12-/m0/s1. The molecule has 2 aliphatic rings. The zero-order valence-electron chi connectivity index (χ0n) is 15.3. The fourth-order valence-electron chi connectivity index (χ4n) is 3.61. The monoisotopic (exact) mass is 405 g/mol. The molecule has 4 rings (SSSR count). The van der Waals surface area contributed by atoms with Gasteiger partial charge in [0.1, 0.15) is 17.3 Å². The van der Waals surface area contributed by atoms with Crippen molar-refractivity contribution in [2.45, 2.75) is 31.7 Å². The molecule has 0 saturated carbocycles. The predicted molar refractivity (Wildman–Crippen MR) is 100 cm³/mol. The predicted octanol–water partition coefficient (Wildman–Crippen LogP) is 3.47. The number of Topliss-reactive ketones (excluding diaryl/α,β-unsaturated/α-hetero) is 1. The summed E-state index contributed by atoms with van der Waals surface area (Å²) in [5.74, 6) is -0.531. The number of anilines is 3. The van der Waals surface area contributed by atoms with Gasteiger partial charge in [-0.3, -0.25) is 15.0 Å². The molecular weight excluding hydrogens is 387 g/mol. The summed E-state index contributed by atoms with van der Waals surface area (Å²) in [7, 11) is 0. The van der Waals surface area contributed by atoms with Crippen LogP contribution in [0.25, 0.3) is 0 Å². The summed E-state index contributed by atoms with van der Waals surface area (Å²) < 4.78 is 37.9. The highest BCUT2D eigenvalue weighted by Gasteiger charge is 2.40. The molecule has 2 aromatic heterocycles. The summed E-state index contributed by atoms with van der Waals surface area (Å²) in [6.45, 7) is 1.36. The molecule has 0 aliphatic carbocycles. The van der Waals surface area contributed by atoms with Crippen molar-refractivity contribution >= 4 is 29.1 Å². The number of hydrogen-bond donors (Lipinski definition) is 1. The van der Waals surface area contributed by atoms with Crippen LogP contribution >= 0.6 is 0 Å². The van der Waals surface area contributed by atoms with Crippen LogP contribution in [-0.2, 0) is 0 Å². The van der Waals surface area contributed by atoms with Crippen molar-refractivity contribution in [1.82, 2.24) is 9.97 Å².